The van der Waals surface area contributed by atoms with Crippen LogP contribution in [0.1, 0.15) is 42.1 Å². The zero-order valence-corrected chi connectivity index (χ0v) is 14.6. The molecule has 1 spiro atoms. The molecule has 1 aromatic carbocycles. The van der Waals surface area contributed by atoms with Gasteiger partial charge in [-0.2, -0.15) is 0 Å². The number of benzene rings is 1. The summed E-state index contributed by atoms with van der Waals surface area (Å²) in [4.78, 5) is 6.65. The second kappa shape index (κ2) is 7.24. The van der Waals surface area contributed by atoms with Gasteiger partial charge in [0.25, 0.3) is 0 Å². The predicted molar refractivity (Wildman–Crippen MR) is 97.3 cm³/mol. The third-order valence-electron chi connectivity index (χ3n) is 5.83. The molecule has 2 aliphatic rings. The molecule has 0 amide bonds. The number of rotatable bonds is 5. The van der Waals surface area contributed by atoms with Crippen molar-refractivity contribution in [3.63, 3.8) is 0 Å². The average molecular weight is 338 g/mol. The van der Waals surface area contributed by atoms with Crippen molar-refractivity contribution in [2.45, 2.75) is 37.3 Å². The van der Waals surface area contributed by atoms with E-state index in [-0.39, 0.29) is 18.1 Å². The van der Waals surface area contributed by atoms with E-state index in [4.69, 9.17) is 9.84 Å². The number of fused-ring (bicyclic) bond motifs is 2. The lowest BCUT2D eigenvalue weighted by Crippen LogP contribution is -2.41. The van der Waals surface area contributed by atoms with Gasteiger partial charge < -0.3 is 9.84 Å². The molecule has 0 unspecified atom stereocenters. The van der Waals surface area contributed by atoms with Crippen LogP contribution in [0, 0.1) is 0 Å². The first kappa shape index (κ1) is 16.7. The van der Waals surface area contributed by atoms with Crippen molar-refractivity contribution in [1.29, 1.82) is 0 Å². The molecule has 1 saturated heterocycles. The minimum absolute atomic E-state index is 0.0887. The summed E-state index contributed by atoms with van der Waals surface area (Å²) in [7, 11) is 0. The Bertz CT molecular complexity index is 696. The van der Waals surface area contributed by atoms with Crippen molar-refractivity contribution >= 4 is 0 Å². The number of pyridine rings is 1. The maximum Gasteiger partial charge on any atom is 0.0837 e. The third kappa shape index (κ3) is 3.34. The zero-order valence-electron chi connectivity index (χ0n) is 14.6. The number of aliphatic hydroxyl groups is 1. The van der Waals surface area contributed by atoms with E-state index in [0.29, 0.717) is 6.61 Å². The van der Waals surface area contributed by atoms with Crippen LogP contribution < -0.4 is 0 Å². The summed E-state index contributed by atoms with van der Waals surface area (Å²) in [5.41, 5.74) is 4.38. The van der Waals surface area contributed by atoms with Crippen molar-refractivity contribution in [3.05, 3.63) is 65.5 Å². The monoisotopic (exact) mass is 338 g/mol. The molecule has 1 atom stereocenters. The Morgan fingerprint density at radius 1 is 1.12 bits per heavy atom. The molecule has 1 N–H and O–H groups in total. The van der Waals surface area contributed by atoms with Crippen LogP contribution in [0.2, 0.25) is 0 Å². The largest absolute Gasteiger partial charge is 0.394 e. The maximum absolute atomic E-state index is 9.12. The SMILES string of the molecule is OCCO[C@H]1CC2(CCN(Cc3ccncc3)CC2)c2ccccc21. The van der Waals surface area contributed by atoms with Gasteiger partial charge in [0, 0.05) is 24.4 Å². The van der Waals surface area contributed by atoms with Gasteiger partial charge in [0.1, 0.15) is 0 Å². The summed E-state index contributed by atoms with van der Waals surface area (Å²) in [5.74, 6) is 0. The number of ether oxygens (including phenoxy) is 1. The highest BCUT2D eigenvalue weighted by Gasteiger charge is 2.45. The van der Waals surface area contributed by atoms with Crippen molar-refractivity contribution in [2.24, 2.45) is 0 Å². The van der Waals surface area contributed by atoms with Gasteiger partial charge >= 0.3 is 0 Å². The molecule has 25 heavy (non-hydrogen) atoms. The maximum atomic E-state index is 9.12. The highest BCUT2D eigenvalue weighted by atomic mass is 16.5. The van der Waals surface area contributed by atoms with Crippen molar-refractivity contribution in [2.75, 3.05) is 26.3 Å². The molecule has 2 aromatic rings. The van der Waals surface area contributed by atoms with Gasteiger partial charge in [0.2, 0.25) is 0 Å². The summed E-state index contributed by atoms with van der Waals surface area (Å²) in [6.07, 6.45) is 7.28. The summed E-state index contributed by atoms with van der Waals surface area (Å²) in [6.45, 7) is 3.74. The Morgan fingerprint density at radius 2 is 1.88 bits per heavy atom. The number of nitrogens with zero attached hydrogens (tertiary/aromatic N) is 2. The van der Waals surface area contributed by atoms with E-state index in [2.05, 4.69) is 46.3 Å². The Kier molecular flexibility index (Phi) is 4.84. The van der Waals surface area contributed by atoms with Crippen molar-refractivity contribution in [3.8, 4) is 0 Å². The normalized spacial score (nSPS) is 22.2. The Labute approximate surface area is 149 Å². The number of likely N-dealkylation sites (tertiary alicyclic amines) is 1. The average Bonchev–Trinajstić information content (AvgIpc) is 2.97. The van der Waals surface area contributed by atoms with Crippen LogP contribution in [-0.2, 0) is 16.7 Å². The van der Waals surface area contributed by atoms with Crippen LogP contribution in [-0.4, -0.2) is 41.3 Å². The molecule has 132 valence electrons. The molecule has 1 aliphatic heterocycles. The van der Waals surface area contributed by atoms with Gasteiger partial charge in [-0.15, -0.1) is 0 Å². The second-order valence-corrected chi connectivity index (χ2v) is 7.29. The first-order valence-corrected chi connectivity index (χ1v) is 9.24. The van der Waals surface area contributed by atoms with E-state index in [1.807, 2.05) is 12.4 Å². The summed E-state index contributed by atoms with van der Waals surface area (Å²) in [6, 6.07) is 13.0. The van der Waals surface area contributed by atoms with Gasteiger partial charge in [0.15, 0.2) is 0 Å². The van der Waals surface area contributed by atoms with Gasteiger partial charge in [0.05, 0.1) is 19.3 Å². The lowest BCUT2D eigenvalue weighted by Gasteiger charge is -2.40. The van der Waals surface area contributed by atoms with E-state index in [0.717, 1.165) is 26.1 Å². The summed E-state index contributed by atoms with van der Waals surface area (Å²) >= 11 is 0. The smallest absolute Gasteiger partial charge is 0.0837 e. The molecule has 0 radical (unpaired) electrons. The number of aliphatic hydroxyl groups excluding tert-OH is 1. The fourth-order valence-corrected chi connectivity index (χ4v) is 4.54. The van der Waals surface area contributed by atoms with E-state index in [9.17, 15) is 0 Å². The lowest BCUT2D eigenvalue weighted by molar-refractivity contribution is 0.0128. The molecule has 0 bridgehead atoms. The highest BCUT2D eigenvalue weighted by molar-refractivity contribution is 5.42. The number of hydrogen-bond acceptors (Lipinski definition) is 4. The first-order valence-electron chi connectivity index (χ1n) is 9.24. The predicted octanol–water partition coefficient (Wildman–Crippen LogP) is 3.07. The molecule has 1 fully saturated rings. The van der Waals surface area contributed by atoms with E-state index in [1.165, 1.54) is 29.5 Å². The molecule has 4 rings (SSSR count). The third-order valence-corrected chi connectivity index (χ3v) is 5.83. The second-order valence-electron chi connectivity index (χ2n) is 7.29. The Morgan fingerprint density at radius 3 is 2.64 bits per heavy atom. The molecule has 1 aliphatic carbocycles. The fraction of sp³-hybridized carbons (Fsp3) is 0.476. The van der Waals surface area contributed by atoms with Crippen LogP contribution in [0.25, 0.3) is 0 Å². The van der Waals surface area contributed by atoms with E-state index < -0.39 is 0 Å². The first-order chi connectivity index (χ1) is 12.3. The molecule has 0 saturated carbocycles. The summed E-state index contributed by atoms with van der Waals surface area (Å²) in [5, 5.41) is 9.12. The topological polar surface area (TPSA) is 45.6 Å². The van der Waals surface area contributed by atoms with Crippen molar-refractivity contribution in [1.82, 2.24) is 9.88 Å². The standard InChI is InChI=1S/C21H26N2O2/c24-13-14-25-20-15-21(19-4-2-1-3-18(19)20)7-11-23(12-8-21)16-17-5-9-22-10-6-17/h1-6,9-10,20,24H,7-8,11-16H2/t20-/m0/s1. The Hall–Kier alpha value is -1.75. The molecular formula is C21H26N2O2. The number of piperidine rings is 1. The quantitative estimate of drug-likeness (QED) is 0.910. The number of aromatic nitrogens is 1. The van der Waals surface area contributed by atoms with Crippen LogP contribution in [0.15, 0.2) is 48.8 Å². The van der Waals surface area contributed by atoms with Crippen molar-refractivity contribution < 1.29 is 9.84 Å². The Balaban J connectivity index is 1.47. The lowest BCUT2D eigenvalue weighted by atomic mass is 9.73. The van der Waals surface area contributed by atoms with Gasteiger partial charge in [-0.05, 0) is 61.2 Å². The van der Waals surface area contributed by atoms with E-state index in [1.54, 1.807) is 0 Å². The van der Waals surface area contributed by atoms with Crippen LogP contribution in [0.4, 0.5) is 0 Å². The molecule has 4 nitrogen and oxygen atoms in total. The number of hydrogen-bond donors (Lipinski definition) is 1. The highest BCUT2D eigenvalue weighted by Crippen LogP contribution is 2.52. The van der Waals surface area contributed by atoms with Gasteiger partial charge in [-0.3, -0.25) is 9.88 Å². The minimum atomic E-state index is 0.0887. The minimum Gasteiger partial charge on any atom is -0.394 e. The summed E-state index contributed by atoms with van der Waals surface area (Å²) < 4.78 is 5.96. The van der Waals surface area contributed by atoms with E-state index >= 15 is 0 Å². The molecule has 1 aromatic heterocycles. The molecule has 2 heterocycles. The van der Waals surface area contributed by atoms with Gasteiger partial charge in [-0.25, -0.2) is 0 Å². The van der Waals surface area contributed by atoms with Crippen LogP contribution >= 0.6 is 0 Å². The van der Waals surface area contributed by atoms with Gasteiger partial charge in [-0.1, -0.05) is 24.3 Å². The molecular weight excluding hydrogens is 312 g/mol. The van der Waals surface area contributed by atoms with Crippen LogP contribution in [0.3, 0.4) is 0 Å². The molecule has 4 heteroatoms. The van der Waals surface area contributed by atoms with Crippen LogP contribution in [0.5, 0.6) is 0 Å². The fourth-order valence-electron chi connectivity index (χ4n) is 4.54. The zero-order chi connectivity index (χ0) is 17.1.